The number of carbonyl (C=O) groups is 2. The van der Waals surface area contributed by atoms with Gasteiger partial charge in [-0.15, -0.1) is 0 Å². The van der Waals surface area contributed by atoms with Crippen molar-refractivity contribution in [1.29, 1.82) is 0 Å². The number of phenolic OH excluding ortho intramolecular Hbond substituents is 1. The largest absolute Gasteiger partial charge is 0.508 e. The summed E-state index contributed by atoms with van der Waals surface area (Å²) >= 11 is 0. The number of benzene rings is 1. The first kappa shape index (κ1) is 16.8. The van der Waals surface area contributed by atoms with Crippen molar-refractivity contribution >= 4 is 12.1 Å². The molecule has 0 aliphatic rings. The molecule has 0 bridgehead atoms. The van der Waals surface area contributed by atoms with Crippen molar-refractivity contribution in [2.24, 2.45) is 0 Å². The summed E-state index contributed by atoms with van der Waals surface area (Å²) in [6.07, 6.45) is -1.99. The molecule has 21 heavy (non-hydrogen) atoms. The van der Waals surface area contributed by atoms with E-state index in [4.69, 9.17) is 9.57 Å². The highest BCUT2D eigenvalue weighted by Crippen LogP contribution is 2.20. The van der Waals surface area contributed by atoms with E-state index >= 15 is 0 Å². The molecule has 116 valence electrons. The van der Waals surface area contributed by atoms with Gasteiger partial charge >= 0.3 is 12.1 Å². The molecule has 0 radical (unpaired) electrons. The zero-order valence-electron chi connectivity index (χ0n) is 12.4. The maximum Gasteiger partial charge on any atom is 0.431 e. The Balaban J connectivity index is 2.74. The Morgan fingerprint density at radius 2 is 1.76 bits per heavy atom. The molecule has 0 aromatic heterocycles. The number of nitrogens with one attached hydrogen (secondary N) is 1. The lowest BCUT2D eigenvalue weighted by Gasteiger charge is -2.21. The molecule has 1 atom stereocenters. The van der Waals surface area contributed by atoms with Crippen LogP contribution in [0.15, 0.2) is 24.3 Å². The second-order valence-corrected chi connectivity index (χ2v) is 5.22. The van der Waals surface area contributed by atoms with E-state index in [2.05, 4.69) is 4.74 Å². The van der Waals surface area contributed by atoms with Gasteiger partial charge in [-0.25, -0.2) is 9.59 Å². The zero-order valence-corrected chi connectivity index (χ0v) is 12.4. The number of hydrogen-bond donors (Lipinski definition) is 2. The van der Waals surface area contributed by atoms with Crippen LogP contribution in [0.2, 0.25) is 0 Å². The fourth-order valence-electron chi connectivity index (χ4n) is 1.41. The summed E-state index contributed by atoms with van der Waals surface area (Å²) < 4.78 is 9.60. The summed E-state index contributed by atoms with van der Waals surface area (Å²) in [5.41, 5.74) is 1.77. The first-order valence-corrected chi connectivity index (χ1v) is 6.24. The fraction of sp³-hybridized carbons (Fsp3) is 0.429. The summed E-state index contributed by atoms with van der Waals surface area (Å²) in [4.78, 5) is 28.3. The summed E-state index contributed by atoms with van der Waals surface area (Å²) in [5, 5.41) is 9.23. The monoisotopic (exact) mass is 297 g/mol. The van der Waals surface area contributed by atoms with Gasteiger partial charge in [0.05, 0.1) is 7.11 Å². The van der Waals surface area contributed by atoms with Gasteiger partial charge in [-0.3, -0.25) is 4.84 Å². The highest BCUT2D eigenvalue weighted by molar-refractivity contribution is 5.77. The Morgan fingerprint density at radius 1 is 1.19 bits per heavy atom. The second kappa shape index (κ2) is 6.94. The highest BCUT2D eigenvalue weighted by Gasteiger charge is 2.25. The number of esters is 1. The number of amides is 1. The van der Waals surface area contributed by atoms with Crippen molar-refractivity contribution in [2.75, 3.05) is 7.11 Å². The third-order valence-electron chi connectivity index (χ3n) is 2.27. The molecule has 0 spiro atoms. The molecule has 0 aliphatic carbocycles. The normalized spacial score (nSPS) is 12.4. The standard InChI is InChI=1S/C14H19NO6/c1-14(2,3)20-13(18)15-21-11(12(17)19-4)9-5-7-10(16)8-6-9/h5-8,11,16H,1-4H3,(H,15,18). The number of hydroxylamine groups is 1. The average molecular weight is 297 g/mol. The molecule has 2 N–H and O–H groups in total. The number of ether oxygens (including phenoxy) is 2. The molecule has 1 aromatic carbocycles. The zero-order chi connectivity index (χ0) is 16.0. The van der Waals surface area contributed by atoms with E-state index < -0.39 is 23.8 Å². The van der Waals surface area contributed by atoms with Crippen molar-refractivity contribution in [1.82, 2.24) is 5.48 Å². The number of carbonyl (C=O) groups excluding carboxylic acids is 2. The van der Waals surface area contributed by atoms with Crippen LogP contribution in [-0.4, -0.2) is 29.9 Å². The Hall–Kier alpha value is -2.28. The van der Waals surface area contributed by atoms with Gasteiger partial charge in [0.15, 0.2) is 0 Å². The van der Waals surface area contributed by atoms with Gasteiger partial charge in [0.1, 0.15) is 11.4 Å². The molecule has 7 nitrogen and oxygen atoms in total. The lowest BCUT2D eigenvalue weighted by Crippen LogP contribution is -2.35. The van der Waals surface area contributed by atoms with Crippen molar-refractivity contribution in [3.05, 3.63) is 29.8 Å². The van der Waals surface area contributed by atoms with Gasteiger partial charge in [-0.1, -0.05) is 12.1 Å². The number of methoxy groups -OCH3 is 1. The van der Waals surface area contributed by atoms with Crippen LogP contribution in [0.1, 0.15) is 32.4 Å². The maximum atomic E-state index is 11.7. The topological polar surface area (TPSA) is 94.1 Å². The summed E-state index contributed by atoms with van der Waals surface area (Å²) in [7, 11) is 1.20. The minimum absolute atomic E-state index is 0.0440. The molecular formula is C14H19NO6. The predicted molar refractivity (Wildman–Crippen MR) is 73.3 cm³/mol. The molecule has 0 saturated heterocycles. The van der Waals surface area contributed by atoms with Crippen molar-refractivity contribution < 1.29 is 29.0 Å². The fourth-order valence-corrected chi connectivity index (χ4v) is 1.41. The molecule has 7 heteroatoms. The van der Waals surface area contributed by atoms with Crippen molar-refractivity contribution in [3.63, 3.8) is 0 Å². The van der Waals surface area contributed by atoms with Crippen LogP contribution < -0.4 is 5.48 Å². The van der Waals surface area contributed by atoms with E-state index in [9.17, 15) is 14.7 Å². The number of aromatic hydroxyl groups is 1. The highest BCUT2D eigenvalue weighted by atomic mass is 16.7. The molecule has 0 fully saturated rings. The van der Waals surface area contributed by atoms with Crippen molar-refractivity contribution in [3.8, 4) is 5.75 Å². The van der Waals surface area contributed by atoms with Gasteiger partial charge in [0, 0.05) is 0 Å². The van der Waals surface area contributed by atoms with Gasteiger partial charge in [0.2, 0.25) is 6.10 Å². The van der Waals surface area contributed by atoms with E-state index in [1.165, 1.54) is 31.4 Å². The van der Waals surface area contributed by atoms with E-state index in [0.29, 0.717) is 5.56 Å². The molecule has 1 unspecified atom stereocenters. The van der Waals surface area contributed by atoms with E-state index in [-0.39, 0.29) is 5.75 Å². The first-order chi connectivity index (χ1) is 9.73. The lowest BCUT2D eigenvalue weighted by atomic mass is 10.1. The number of hydrogen-bond acceptors (Lipinski definition) is 6. The van der Waals surface area contributed by atoms with E-state index in [1.807, 2.05) is 5.48 Å². The SMILES string of the molecule is COC(=O)C(ONC(=O)OC(C)(C)C)c1ccc(O)cc1. The molecule has 0 heterocycles. The van der Waals surface area contributed by atoms with Gasteiger partial charge in [-0.2, -0.15) is 5.48 Å². The number of phenols is 1. The van der Waals surface area contributed by atoms with Crippen LogP contribution in [0.25, 0.3) is 0 Å². The minimum Gasteiger partial charge on any atom is -0.508 e. The Bertz CT molecular complexity index is 491. The summed E-state index contributed by atoms with van der Waals surface area (Å²) in [5.74, 6) is -0.654. The van der Waals surface area contributed by atoms with Crippen LogP contribution in [0.5, 0.6) is 5.75 Å². The van der Waals surface area contributed by atoms with Gasteiger partial charge in [0.25, 0.3) is 0 Å². The molecule has 1 amide bonds. The molecule has 0 saturated carbocycles. The van der Waals surface area contributed by atoms with Crippen LogP contribution in [0.3, 0.4) is 0 Å². The summed E-state index contributed by atoms with van der Waals surface area (Å²) in [6, 6.07) is 5.74. The van der Waals surface area contributed by atoms with Gasteiger partial charge in [-0.05, 0) is 38.5 Å². The third kappa shape index (κ3) is 5.70. The van der Waals surface area contributed by atoms with E-state index in [1.54, 1.807) is 20.8 Å². The van der Waals surface area contributed by atoms with Gasteiger partial charge < -0.3 is 14.6 Å². The Kier molecular flexibility index (Phi) is 5.54. The van der Waals surface area contributed by atoms with Crippen LogP contribution in [0.4, 0.5) is 4.79 Å². The average Bonchev–Trinajstić information content (AvgIpc) is 2.38. The predicted octanol–water partition coefficient (Wildman–Crippen LogP) is 2.06. The van der Waals surface area contributed by atoms with Crippen LogP contribution in [0, 0.1) is 0 Å². The van der Waals surface area contributed by atoms with Crippen molar-refractivity contribution in [2.45, 2.75) is 32.5 Å². The van der Waals surface area contributed by atoms with E-state index in [0.717, 1.165) is 0 Å². The molecular weight excluding hydrogens is 278 g/mol. The lowest BCUT2D eigenvalue weighted by molar-refractivity contribution is -0.159. The second-order valence-electron chi connectivity index (χ2n) is 5.22. The molecule has 1 aromatic rings. The van der Waals surface area contributed by atoms with Crippen LogP contribution >= 0.6 is 0 Å². The first-order valence-electron chi connectivity index (χ1n) is 6.24. The third-order valence-corrected chi connectivity index (χ3v) is 2.27. The molecule has 0 aliphatic heterocycles. The molecule has 1 rings (SSSR count). The maximum absolute atomic E-state index is 11.7. The quantitative estimate of drug-likeness (QED) is 0.652. The summed E-state index contributed by atoms with van der Waals surface area (Å²) in [6.45, 7) is 5.10. The Labute approximate surface area is 122 Å². The minimum atomic E-state index is -1.16. The van der Waals surface area contributed by atoms with Crippen LogP contribution in [-0.2, 0) is 19.1 Å². The Morgan fingerprint density at radius 3 is 2.24 bits per heavy atom. The number of rotatable bonds is 4. The smallest absolute Gasteiger partial charge is 0.431 e.